The van der Waals surface area contributed by atoms with E-state index in [2.05, 4.69) is 15.8 Å². The fraction of sp³-hybridized carbons (Fsp3) is 0.0417. The summed E-state index contributed by atoms with van der Waals surface area (Å²) < 4.78 is 5.60. The number of amides is 2. The highest BCUT2D eigenvalue weighted by Gasteiger charge is 2.11. The molecule has 2 N–H and O–H groups in total. The zero-order valence-electron chi connectivity index (χ0n) is 17.2. The van der Waals surface area contributed by atoms with Crippen molar-refractivity contribution in [1.82, 2.24) is 15.8 Å². The van der Waals surface area contributed by atoms with Crippen molar-refractivity contribution in [1.29, 1.82) is 0 Å². The predicted octanol–water partition coefficient (Wildman–Crippen LogP) is 3.80. The summed E-state index contributed by atoms with van der Waals surface area (Å²) in [6.07, 6.45) is 0. The highest BCUT2D eigenvalue weighted by atomic mass is 16.6. The molecular weight excluding hydrogens is 424 g/mol. The Kier molecular flexibility index (Phi) is 6.21. The second kappa shape index (κ2) is 9.56. The SMILES string of the molecule is O=C(NNC(=O)c1ccc2ccccc2n1)c1ccc(COc2ccc([N+](=O)[O-])cc2)cc1. The number of nitrogens with zero attached hydrogens (tertiary/aromatic N) is 2. The summed E-state index contributed by atoms with van der Waals surface area (Å²) in [4.78, 5) is 39.1. The van der Waals surface area contributed by atoms with E-state index in [1.54, 1.807) is 42.5 Å². The molecule has 1 aromatic heterocycles. The van der Waals surface area contributed by atoms with Crippen LogP contribution >= 0.6 is 0 Å². The maximum atomic E-state index is 12.3. The van der Waals surface area contributed by atoms with E-state index in [1.165, 1.54) is 24.3 Å². The average molecular weight is 442 g/mol. The van der Waals surface area contributed by atoms with E-state index in [-0.39, 0.29) is 18.0 Å². The Morgan fingerprint density at radius 3 is 2.27 bits per heavy atom. The van der Waals surface area contributed by atoms with Crippen molar-refractivity contribution in [3.63, 3.8) is 0 Å². The van der Waals surface area contributed by atoms with Gasteiger partial charge in [-0.1, -0.05) is 36.4 Å². The summed E-state index contributed by atoms with van der Waals surface area (Å²) in [6.45, 7) is 0.226. The summed E-state index contributed by atoms with van der Waals surface area (Å²) in [5.74, 6) is -0.512. The molecule has 0 aliphatic carbocycles. The lowest BCUT2D eigenvalue weighted by Gasteiger charge is -2.09. The molecule has 0 spiro atoms. The Hall–Kier alpha value is -4.79. The first-order chi connectivity index (χ1) is 16.0. The van der Waals surface area contributed by atoms with E-state index in [1.807, 2.05) is 18.2 Å². The predicted molar refractivity (Wildman–Crippen MR) is 121 cm³/mol. The van der Waals surface area contributed by atoms with Crippen LogP contribution in [0.3, 0.4) is 0 Å². The van der Waals surface area contributed by atoms with Gasteiger partial charge in [0.25, 0.3) is 17.5 Å². The van der Waals surface area contributed by atoms with Crippen molar-refractivity contribution in [2.24, 2.45) is 0 Å². The maximum Gasteiger partial charge on any atom is 0.288 e. The summed E-state index contributed by atoms with van der Waals surface area (Å²) in [5.41, 5.74) is 6.74. The number of carbonyl (C=O) groups is 2. The number of pyridine rings is 1. The minimum absolute atomic E-state index is 0.0128. The number of hydrogen-bond acceptors (Lipinski definition) is 6. The fourth-order valence-corrected chi connectivity index (χ4v) is 3.03. The highest BCUT2D eigenvalue weighted by molar-refractivity contribution is 5.99. The van der Waals surface area contributed by atoms with Crippen LogP contribution in [-0.2, 0) is 6.61 Å². The molecule has 2 amide bonds. The highest BCUT2D eigenvalue weighted by Crippen LogP contribution is 2.18. The molecule has 0 fully saturated rings. The van der Waals surface area contributed by atoms with Gasteiger partial charge in [0.05, 0.1) is 10.4 Å². The number of hydrazine groups is 1. The number of para-hydroxylation sites is 1. The number of fused-ring (bicyclic) bond motifs is 1. The van der Waals surface area contributed by atoms with E-state index in [0.717, 1.165) is 10.9 Å². The molecule has 4 rings (SSSR count). The fourth-order valence-electron chi connectivity index (χ4n) is 3.03. The molecule has 0 bridgehead atoms. The van der Waals surface area contributed by atoms with Crippen LogP contribution in [-0.4, -0.2) is 21.7 Å². The van der Waals surface area contributed by atoms with Gasteiger partial charge in [-0.05, 0) is 42.0 Å². The second-order valence-corrected chi connectivity index (χ2v) is 7.03. The van der Waals surface area contributed by atoms with Crippen LogP contribution in [0.5, 0.6) is 5.75 Å². The van der Waals surface area contributed by atoms with Crippen LogP contribution in [0.2, 0.25) is 0 Å². The third kappa shape index (κ3) is 5.28. The van der Waals surface area contributed by atoms with E-state index in [0.29, 0.717) is 16.8 Å². The Morgan fingerprint density at radius 1 is 0.848 bits per heavy atom. The number of hydrogen-bond donors (Lipinski definition) is 2. The molecule has 0 unspecified atom stereocenters. The molecule has 0 saturated carbocycles. The van der Waals surface area contributed by atoms with Crippen molar-refractivity contribution in [2.75, 3.05) is 0 Å². The molecule has 3 aromatic carbocycles. The van der Waals surface area contributed by atoms with Gasteiger partial charge in [0, 0.05) is 23.1 Å². The Labute approximate surface area is 188 Å². The number of ether oxygens (including phenoxy) is 1. The van der Waals surface area contributed by atoms with Crippen LogP contribution in [0.15, 0.2) is 84.9 Å². The van der Waals surface area contributed by atoms with Crippen LogP contribution in [0, 0.1) is 10.1 Å². The van der Waals surface area contributed by atoms with Gasteiger partial charge in [-0.15, -0.1) is 0 Å². The minimum atomic E-state index is -0.526. The van der Waals surface area contributed by atoms with E-state index >= 15 is 0 Å². The third-order valence-electron chi connectivity index (χ3n) is 4.79. The van der Waals surface area contributed by atoms with Crippen molar-refractivity contribution in [3.05, 3.63) is 112 Å². The van der Waals surface area contributed by atoms with Crippen molar-refractivity contribution in [2.45, 2.75) is 6.61 Å². The van der Waals surface area contributed by atoms with Crippen molar-refractivity contribution in [3.8, 4) is 5.75 Å². The van der Waals surface area contributed by atoms with Crippen LogP contribution in [0.1, 0.15) is 26.4 Å². The minimum Gasteiger partial charge on any atom is -0.489 e. The molecule has 1 heterocycles. The number of aromatic nitrogens is 1. The number of carbonyl (C=O) groups excluding carboxylic acids is 2. The van der Waals surface area contributed by atoms with Crippen molar-refractivity contribution < 1.29 is 19.2 Å². The molecule has 0 atom stereocenters. The zero-order chi connectivity index (χ0) is 23.2. The lowest BCUT2D eigenvalue weighted by Crippen LogP contribution is -2.41. The largest absolute Gasteiger partial charge is 0.489 e. The van der Waals surface area contributed by atoms with Gasteiger partial charge >= 0.3 is 0 Å². The van der Waals surface area contributed by atoms with Gasteiger partial charge < -0.3 is 4.74 Å². The number of nitrogens with one attached hydrogen (secondary N) is 2. The molecule has 0 radical (unpaired) electrons. The quantitative estimate of drug-likeness (QED) is 0.346. The normalized spacial score (nSPS) is 10.4. The molecule has 9 nitrogen and oxygen atoms in total. The van der Waals surface area contributed by atoms with Gasteiger partial charge in [-0.2, -0.15) is 0 Å². The summed E-state index contributed by atoms with van der Waals surface area (Å²) in [7, 11) is 0. The summed E-state index contributed by atoms with van der Waals surface area (Å²) in [6, 6.07) is 23.2. The lowest BCUT2D eigenvalue weighted by molar-refractivity contribution is -0.384. The first-order valence-electron chi connectivity index (χ1n) is 9.92. The van der Waals surface area contributed by atoms with E-state index in [9.17, 15) is 19.7 Å². The number of benzene rings is 3. The Bertz CT molecular complexity index is 1320. The molecule has 0 aliphatic heterocycles. The average Bonchev–Trinajstić information content (AvgIpc) is 2.86. The smallest absolute Gasteiger partial charge is 0.288 e. The summed E-state index contributed by atoms with van der Waals surface area (Å²) in [5, 5.41) is 11.6. The third-order valence-corrected chi connectivity index (χ3v) is 4.79. The lowest BCUT2D eigenvalue weighted by atomic mass is 10.1. The van der Waals surface area contributed by atoms with Gasteiger partial charge in [0.15, 0.2) is 0 Å². The number of rotatable bonds is 6. The first-order valence-corrected chi connectivity index (χ1v) is 9.92. The van der Waals surface area contributed by atoms with Crippen LogP contribution in [0.4, 0.5) is 5.69 Å². The molecular formula is C24H18N4O5. The molecule has 0 saturated heterocycles. The molecule has 9 heteroatoms. The van der Waals surface area contributed by atoms with Gasteiger partial charge in [0.1, 0.15) is 18.1 Å². The number of nitro benzene ring substituents is 1. The van der Waals surface area contributed by atoms with Crippen LogP contribution in [0.25, 0.3) is 10.9 Å². The molecule has 164 valence electrons. The molecule has 33 heavy (non-hydrogen) atoms. The number of nitro groups is 1. The van der Waals surface area contributed by atoms with Gasteiger partial charge in [-0.3, -0.25) is 30.6 Å². The maximum absolute atomic E-state index is 12.3. The molecule has 0 aliphatic rings. The van der Waals surface area contributed by atoms with E-state index < -0.39 is 16.7 Å². The zero-order valence-corrected chi connectivity index (χ0v) is 17.2. The van der Waals surface area contributed by atoms with Gasteiger partial charge in [0.2, 0.25) is 0 Å². The first kappa shape index (κ1) is 21.4. The second-order valence-electron chi connectivity index (χ2n) is 7.03. The van der Waals surface area contributed by atoms with Crippen LogP contribution < -0.4 is 15.6 Å². The topological polar surface area (TPSA) is 123 Å². The Morgan fingerprint density at radius 2 is 1.55 bits per heavy atom. The van der Waals surface area contributed by atoms with E-state index in [4.69, 9.17) is 4.74 Å². The summed E-state index contributed by atoms with van der Waals surface area (Å²) >= 11 is 0. The van der Waals surface area contributed by atoms with Gasteiger partial charge in [-0.25, -0.2) is 4.98 Å². The molecule has 4 aromatic rings. The monoisotopic (exact) mass is 442 g/mol. The van der Waals surface area contributed by atoms with Crippen molar-refractivity contribution >= 4 is 28.4 Å². The standard InChI is InChI=1S/C24H18N4O5/c29-23(26-27-24(30)22-14-9-17-3-1-2-4-21(17)25-22)18-7-5-16(6-8-18)15-33-20-12-10-19(11-13-20)28(31)32/h1-14H,15H2,(H,26,29)(H,27,30). The Balaban J connectivity index is 1.30. The number of non-ortho nitro benzene ring substituents is 1.